The Balaban J connectivity index is 1.63. The Hall–Kier alpha value is -2.24. The van der Waals surface area contributed by atoms with Crippen LogP contribution in [-0.4, -0.2) is 14.9 Å². The van der Waals surface area contributed by atoms with E-state index in [-0.39, 0.29) is 0 Å². The van der Waals surface area contributed by atoms with Crippen LogP contribution in [0.5, 0.6) is 5.75 Å². The summed E-state index contributed by atoms with van der Waals surface area (Å²) in [7, 11) is 0. The van der Waals surface area contributed by atoms with Crippen molar-refractivity contribution in [3.8, 4) is 5.75 Å². The molecule has 118 valence electrons. The molecule has 0 atom stereocenters. The normalized spacial score (nSPS) is 10.5. The molecular formula is C16H14Cl2N4O. The largest absolute Gasteiger partial charge is 0.489 e. The summed E-state index contributed by atoms with van der Waals surface area (Å²) < 4.78 is 7.49. The van der Waals surface area contributed by atoms with Crippen molar-refractivity contribution in [1.29, 1.82) is 0 Å². The molecule has 0 unspecified atom stereocenters. The number of nitrogens with zero attached hydrogens (tertiary/aromatic N) is 3. The third-order valence-electron chi connectivity index (χ3n) is 3.23. The van der Waals surface area contributed by atoms with Crippen molar-refractivity contribution < 1.29 is 4.74 Å². The molecule has 3 aromatic rings. The number of hydrogen-bond acceptors (Lipinski definition) is 4. The molecule has 0 saturated carbocycles. The highest BCUT2D eigenvalue weighted by Crippen LogP contribution is 2.26. The van der Waals surface area contributed by atoms with E-state index >= 15 is 0 Å². The summed E-state index contributed by atoms with van der Waals surface area (Å²) in [5.41, 5.74) is 5.01. The molecule has 7 heteroatoms. The van der Waals surface area contributed by atoms with Crippen molar-refractivity contribution in [3.63, 3.8) is 0 Å². The molecule has 3 rings (SSSR count). The molecule has 1 aromatic heterocycles. The standard InChI is InChI=1S/C16H14Cl2N4O/c17-15-5-2-6-16(18)14(15)9-23-13-4-1-3-12(7-13)8-21-22-10-19-20-11-22/h1-7,10-11,21H,8-9H2. The monoisotopic (exact) mass is 348 g/mol. The van der Waals surface area contributed by atoms with Crippen molar-refractivity contribution in [2.24, 2.45) is 0 Å². The van der Waals surface area contributed by atoms with E-state index < -0.39 is 0 Å². The van der Waals surface area contributed by atoms with Crippen molar-refractivity contribution in [2.45, 2.75) is 13.2 Å². The van der Waals surface area contributed by atoms with Crippen LogP contribution in [0.15, 0.2) is 55.1 Å². The molecule has 5 nitrogen and oxygen atoms in total. The van der Waals surface area contributed by atoms with Gasteiger partial charge in [0.15, 0.2) is 0 Å². The first-order chi connectivity index (χ1) is 11.2. The maximum absolute atomic E-state index is 6.14. The van der Waals surface area contributed by atoms with E-state index in [1.807, 2.05) is 30.3 Å². The van der Waals surface area contributed by atoms with Crippen LogP contribution in [0, 0.1) is 0 Å². The zero-order valence-corrected chi connectivity index (χ0v) is 13.6. The third kappa shape index (κ3) is 4.15. The van der Waals surface area contributed by atoms with Gasteiger partial charge in [-0.2, -0.15) is 0 Å². The number of benzene rings is 2. The van der Waals surface area contributed by atoms with Gasteiger partial charge in [0.2, 0.25) is 0 Å². The van der Waals surface area contributed by atoms with E-state index in [0.717, 1.165) is 16.9 Å². The topological polar surface area (TPSA) is 52.0 Å². The minimum atomic E-state index is 0.320. The number of ether oxygens (including phenoxy) is 1. The summed E-state index contributed by atoms with van der Waals surface area (Å²) in [6, 6.07) is 13.2. The van der Waals surface area contributed by atoms with Gasteiger partial charge in [-0.15, -0.1) is 10.2 Å². The fourth-order valence-corrected chi connectivity index (χ4v) is 2.54. The Morgan fingerprint density at radius 1 is 1.00 bits per heavy atom. The molecule has 1 N–H and O–H groups in total. The molecule has 1 heterocycles. The van der Waals surface area contributed by atoms with E-state index in [2.05, 4.69) is 15.6 Å². The lowest BCUT2D eigenvalue weighted by Gasteiger charge is -2.11. The fraction of sp³-hybridized carbons (Fsp3) is 0.125. The predicted octanol–water partition coefficient (Wildman–Crippen LogP) is 3.91. The number of halogens is 2. The maximum atomic E-state index is 6.14. The van der Waals surface area contributed by atoms with E-state index in [1.54, 1.807) is 29.5 Å². The molecule has 0 spiro atoms. The molecular weight excluding hydrogens is 335 g/mol. The molecule has 0 fully saturated rings. The van der Waals surface area contributed by atoms with E-state index in [4.69, 9.17) is 27.9 Å². The van der Waals surface area contributed by atoms with Crippen LogP contribution in [0.2, 0.25) is 10.0 Å². The van der Waals surface area contributed by atoms with Crippen LogP contribution < -0.4 is 10.2 Å². The van der Waals surface area contributed by atoms with Gasteiger partial charge in [0.25, 0.3) is 0 Å². The quantitative estimate of drug-likeness (QED) is 0.733. The van der Waals surface area contributed by atoms with Crippen LogP contribution in [0.3, 0.4) is 0 Å². The number of rotatable bonds is 6. The van der Waals surface area contributed by atoms with Crippen molar-refractivity contribution >= 4 is 23.2 Å². The van der Waals surface area contributed by atoms with Gasteiger partial charge in [0.1, 0.15) is 25.0 Å². The molecule has 0 saturated heterocycles. The van der Waals surface area contributed by atoms with Crippen molar-refractivity contribution in [2.75, 3.05) is 5.43 Å². The summed E-state index contributed by atoms with van der Waals surface area (Å²) in [6.45, 7) is 0.947. The zero-order chi connectivity index (χ0) is 16.1. The second-order valence-corrected chi connectivity index (χ2v) is 5.65. The van der Waals surface area contributed by atoms with Gasteiger partial charge in [0.05, 0.1) is 6.54 Å². The van der Waals surface area contributed by atoms with Crippen molar-refractivity contribution in [3.05, 3.63) is 76.3 Å². The zero-order valence-electron chi connectivity index (χ0n) is 12.1. The summed E-state index contributed by atoms with van der Waals surface area (Å²) in [5, 5.41) is 8.66. The van der Waals surface area contributed by atoms with Crippen molar-refractivity contribution in [1.82, 2.24) is 14.9 Å². The molecule has 0 amide bonds. The Kier molecular flexibility index (Phi) is 5.00. The molecule has 0 radical (unpaired) electrons. The minimum absolute atomic E-state index is 0.320. The average Bonchev–Trinajstić information content (AvgIpc) is 3.06. The first kappa shape index (κ1) is 15.6. The van der Waals surface area contributed by atoms with Gasteiger partial charge in [0, 0.05) is 15.6 Å². The van der Waals surface area contributed by atoms with Gasteiger partial charge >= 0.3 is 0 Å². The first-order valence-corrected chi connectivity index (χ1v) is 7.71. The Morgan fingerprint density at radius 2 is 1.70 bits per heavy atom. The highest BCUT2D eigenvalue weighted by atomic mass is 35.5. The Labute approximate surface area is 143 Å². The number of aromatic nitrogens is 3. The maximum Gasteiger partial charge on any atom is 0.138 e. The predicted molar refractivity (Wildman–Crippen MR) is 90.3 cm³/mol. The van der Waals surface area contributed by atoms with Gasteiger partial charge in [-0.3, -0.25) is 0 Å². The smallest absolute Gasteiger partial charge is 0.138 e. The highest BCUT2D eigenvalue weighted by molar-refractivity contribution is 6.35. The molecule has 2 aromatic carbocycles. The summed E-state index contributed by atoms with van der Waals surface area (Å²) in [5.74, 6) is 0.754. The Bertz CT molecular complexity index is 757. The lowest BCUT2D eigenvalue weighted by atomic mass is 10.2. The van der Waals surface area contributed by atoms with Gasteiger partial charge in [-0.1, -0.05) is 41.4 Å². The van der Waals surface area contributed by atoms with E-state index in [1.165, 1.54) is 0 Å². The summed E-state index contributed by atoms with van der Waals surface area (Å²) in [6.07, 6.45) is 3.19. The SMILES string of the molecule is Clc1cccc(Cl)c1COc1cccc(CNn2cnnc2)c1. The van der Waals surface area contributed by atoms with Crippen LogP contribution in [0.1, 0.15) is 11.1 Å². The van der Waals surface area contributed by atoms with Crippen LogP contribution in [0.4, 0.5) is 0 Å². The highest BCUT2D eigenvalue weighted by Gasteiger charge is 2.06. The van der Waals surface area contributed by atoms with E-state index in [9.17, 15) is 0 Å². The van der Waals surface area contributed by atoms with Gasteiger partial charge in [-0.25, -0.2) is 4.68 Å². The fourth-order valence-electron chi connectivity index (χ4n) is 2.04. The summed E-state index contributed by atoms with van der Waals surface area (Å²) in [4.78, 5) is 0. The van der Waals surface area contributed by atoms with Crippen LogP contribution in [-0.2, 0) is 13.2 Å². The number of hydrogen-bond donors (Lipinski definition) is 1. The second-order valence-electron chi connectivity index (χ2n) is 4.84. The molecule has 0 aliphatic carbocycles. The minimum Gasteiger partial charge on any atom is -0.489 e. The van der Waals surface area contributed by atoms with Crippen LogP contribution in [0.25, 0.3) is 0 Å². The first-order valence-electron chi connectivity index (χ1n) is 6.95. The summed E-state index contributed by atoms with van der Waals surface area (Å²) >= 11 is 12.3. The Morgan fingerprint density at radius 3 is 2.43 bits per heavy atom. The molecule has 0 aliphatic rings. The average molecular weight is 349 g/mol. The number of nitrogens with one attached hydrogen (secondary N) is 1. The third-order valence-corrected chi connectivity index (χ3v) is 3.94. The molecule has 0 aliphatic heterocycles. The second kappa shape index (κ2) is 7.35. The van der Waals surface area contributed by atoms with Crippen LogP contribution >= 0.6 is 23.2 Å². The van der Waals surface area contributed by atoms with Gasteiger partial charge < -0.3 is 10.2 Å². The van der Waals surface area contributed by atoms with E-state index in [0.29, 0.717) is 23.2 Å². The molecule has 0 bridgehead atoms. The lowest BCUT2D eigenvalue weighted by Crippen LogP contribution is -2.12. The molecule has 23 heavy (non-hydrogen) atoms. The van der Waals surface area contributed by atoms with Gasteiger partial charge in [-0.05, 0) is 29.8 Å². The lowest BCUT2D eigenvalue weighted by molar-refractivity contribution is 0.306.